The van der Waals surface area contributed by atoms with Gasteiger partial charge in [-0.3, -0.25) is 4.79 Å². The molecule has 11 heteroatoms. The molecule has 1 aliphatic rings. The molecule has 4 aromatic rings. The highest BCUT2D eigenvalue weighted by molar-refractivity contribution is 5.98. The van der Waals surface area contributed by atoms with E-state index in [4.69, 9.17) is 4.98 Å². The highest BCUT2D eigenvalue weighted by Crippen LogP contribution is 2.37. The molecule has 1 N–H and O–H groups in total. The lowest BCUT2D eigenvalue weighted by Gasteiger charge is -2.27. The molecular formula is C23H24F2N8O. The lowest BCUT2D eigenvalue weighted by molar-refractivity contribution is -0.124. The number of benzene rings is 1. The Hall–Kier alpha value is -3.89. The lowest BCUT2D eigenvalue weighted by atomic mass is 9.98. The summed E-state index contributed by atoms with van der Waals surface area (Å²) < 4.78 is 31.4. The van der Waals surface area contributed by atoms with E-state index < -0.39 is 17.2 Å². The molecule has 4 heterocycles. The highest BCUT2D eigenvalue weighted by Gasteiger charge is 2.35. The molecule has 34 heavy (non-hydrogen) atoms. The van der Waals surface area contributed by atoms with E-state index in [1.165, 1.54) is 29.6 Å². The topological polar surface area (TPSA) is 93.2 Å². The van der Waals surface area contributed by atoms with Crippen LogP contribution in [-0.4, -0.2) is 41.8 Å². The first-order valence-corrected chi connectivity index (χ1v) is 11.1. The Balaban J connectivity index is 1.46. The van der Waals surface area contributed by atoms with Gasteiger partial charge in [0.1, 0.15) is 41.3 Å². The van der Waals surface area contributed by atoms with Crippen molar-refractivity contribution in [2.75, 3.05) is 16.8 Å². The molecule has 0 spiro atoms. The minimum Gasteiger partial charge on any atom is -0.349 e. The summed E-state index contributed by atoms with van der Waals surface area (Å²) in [7, 11) is 0. The molecular weight excluding hydrogens is 442 g/mol. The second-order valence-electron chi connectivity index (χ2n) is 8.55. The number of carbonyl (C=O) groups excluding carboxylic acids is 1. The molecule has 1 amide bonds. The number of amides is 1. The number of rotatable bonds is 6. The second-order valence-corrected chi connectivity index (χ2v) is 8.55. The lowest BCUT2D eigenvalue weighted by Crippen LogP contribution is -2.43. The summed E-state index contributed by atoms with van der Waals surface area (Å²) >= 11 is 0. The van der Waals surface area contributed by atoms with Crippen LogP contribution in [0.1, 0.15) is 44.7 Å². The number of hydrogen-bond donors (Lipinski definition) is 1. The molecule has 176 valence electrons. The third-order valence-electron chi connectivity index (χ3n) is 6.57. The molecule has 0 radical (unpaired) electrons. The van der Waals surface area contributed by atoms with Gasteiger partial charge in [0.2, 0.25) is 0 Å². The normalized spacial score (nSPS) is 17.8. The van der Waals surface area contributed by atoms with Crippen molar-refractivity contribution in [3.05, 3.63) is 66.5 Å². The van der Waals surface area contributed by atoms with Crippen LogP contribution in [0.5, 0.6) is 0 Å². The van der Waals surface area contributed by atoms with Gasteiger partial charge in [0.25, 0.3) is 5.91 Å². The Kier molecular flexibility index (Phi) is 5.46. The van der Waals surface area contributed by atoms with Crippen LogP contribution in [0.2, 0.25) is 0 Å². The van der Waals surface area contributed by atoms with Gasteiger partial charge in [0.15, 0.2) is 5.65 Å². The minimum absolute atomic E-state index is 0.275. The van der Waals surface area contributed by atoms with Crippen molar-refractivity contribution in [2.45, 2.75) is 44.7 Å². The third kappa shape index (κ3) is 3.66. The number of carbonyl (C=O) groups is 1. The monoisotopic (exact) mass is 466 g/mol. The number of anilines is 2. The van der Waals surface area contributed by atoms with Crippen LogP contribution >= 0.6 is 0 Å². The van der Waals surface area contributed by atoms with E-state index in [2.05, 4.69) is 20.5 Å². The standard InChI is InChI=1S/C23H24F2N8O/c1-3-23(2,33-14-26-13-28-33)22(34)29-18-12-27-32-10-8-20(30-21(18)32)31-9-4-5-19(31)16-11-15(24)6-7-17(16)25/h6-8,10-14,19H,3-5,9H2,1-2H3,(H,29,34). The van der Waals surface area contributed by atoms with E-state index in [9.17, 15) is 13.6 Å². The zero-order chi connectivity index (χ0) is 23.9. The number of halogens is 2. The molecule has 2 atom stereocenters. The summed E-state index contributed by atoms with van der Waals surface area (Å²) in [6, 6.07) is 4.97. The maximum atomic E-state index is 14.5. The Morgan fingerprint density at radius 3 is 2.88 bits per heavy atom. The molecule has 0 saturated carbocycles. The average molecular weight is 466 g/mol. The predicted octanol–water partition coefficient (Wildman–Crippen LogP) is 3.70. The van der Waals surface area contributed by atoms with Crippen LogP contribution in [0, 0.1) is 11.6 Å². The first-order valence-electron chi connectivity index (χ1n) is 11.1. The van der Waals surface area contributed by atoms with Gasteiger partial charge in [-0.05, 0) is 50.5 Å². The Bertz CT molecular complexity index is 1340. The molecule has 1 saturated heterocycles. The maximum Gasteiger partial charge on any atom is 0.252 e. The quantitative estimate of drug-likeness (QED) is 0.466. The van der Waals surface area contributed by atoms with Crippen LogP contribution in [0.25, 0.3) is 5.65 Å². The van der Waals surface area contributed by atoms with Crippen LogP contribution in [0.3, 0.4) is 0 Å². The summed E-state index contributed by atoms with van der Waals surface area (Å²) in [5.41, 5.74) is 0.262. The van der Waals surface area contributed by atoms with Gasteiger partial charge >= 0.3 is 0 Å². The molecule has 1 aromatic carbocycles. The summed E-state index contributed by atoms with van der Waals surface area (Å²) in [5, 5.41) is 11.3. The molecule has 1 aliphatic heterocycles. The van der Waals surface area contributed by atoms with E-state index in [1.54, 1.807) is 23.7 Å². The Morgan fingerprint density at radius 2 is 2.12 bits per heavy atom. The van der Waals surface area contributed by atoms with Gasteiger partial charge in [0.05, 0.1) is 12.2 Å². The largest absolute Gasteiger partial charge is 0.349 e. The van der Waals surface area contributed by atoms with Crippen molar-refractivity contribution < 1.29 is 13.6 Å². The van der Waals surface area contributed by atoms with E-state index in [-0.39, 0.29) is 11.9 Å². The van der Waals surface area contributed by atoms with Gasteiger partial charge in [-0.15, -0.1) is 0 Å². The van der Waals surface area contributed by atoms with Crippen LogP contribution in [-0.2, 0) is 10.3 Å². The number of nitrogens with one attached hydrogen (secondary N) is 1. The van der Waals surface area contributed by atoms with Gasteiger partial charge in [-0.25, -0.2) is 27.9 Å². The fraction of sp³-hybridized carbons (Fsp3) is 0.348. The molecule has 0 aliphatic carbocycles. The second kappa shape index (κ2) is 8.47. The van der Waals surface area contributed by atoms with Gasteiger partial charge in [-0.1, -0.05) is 6.92 Å². The fourth-order valence-corrected chi connectivity index (χ4v) is 4.39. The van der Waals surface area contributed by atoms with Crippen molar-refractivity contribution in [2.24, 2.45) is 0 Å². The van der Waals surface area contributed by atoms with Gasteiger partial charge in [-0.2, -0.15) is 10.2 Å². The van der Waals surface area contributed by atoms with Gasteiger partial charge < -0.3 is 10.2 Å². The average Bonchev–Trinajstić information content (AvgIpc) is 3.61. The zero-order valence-corrected chi connectivity index (χ0v) is 18.8. The van der Waals surface area contributed by atoms with Crippen molar-refractivity contribution in [1.82, 2.24) is 29.4 Å². The first-order chi connectivity index (χ1) is 16.4. The molecule has 2 unspecified atom stereocenters. The van der Waals surface area contributed by atoms with Crippen LogP contribution < -0.4 is 10.2 Å². The summed E-state index contributed by atoms with van der Waals surface area (Å²) in [4.78, 5) is 23.8. The summed E-state index contributed by atoms with van der Waals surface area (Å²) in [6.45, 7) is 4.33. The van der Waals surface area contributed by atoms with Crippen LogP contribution in [0.4, 0.5) is 20.3 Å². The predicted molar refractivity (Wildman–Crippen MR) is 121 cm³/mol. The summed E-state index contributed by atoms with van der Waals surface area (Å²) in [6.07, 6.45) is 8.17. The molecule has 9 nitrogen and oxygen atoms in total. The fourth-order valence-electron chi connectivity index (χ4n) is 4.39. The SMILES string of the molecule is CCC(C)(C(=O)Nc1cnn2ccc(N3CCCC3c3cc(F)ccc3F)nc12)n1cncn1. The summed E-state index contributed by atoms with van der Waals surface area (Å²) in [5.74, 6) is -0.588. The molecule has 0 bridgehead atoms. The van der Waals surface area contributed by atoms with Gasteiger partial charge in [0, 0.05) is 18.3 Å². The Morgan fingerprint density at radius 1 is 1.26 bits per heavy atom. The highest BCUT2D eigenvalue weighted by atomic mass is 19.1. The number of nitrogens with zero attached hydrogens (tertiary/aromatic N) is 7. The molecule has 5 rings (SSSR count). The number of fused-ring (bicyclic) bond motifs is 1. The minimum atomic E-state index is -0.947. The van der Waals surface area contributed by atoms with Crippen LogP contribution in [0.15, 0.2) is 49.3 Å². The van der Waals surface area contributed by atoms with E-state index in [1.807, 2.05) is 11.8 Å². The van der Waals surface area contributed by atoms with Crippen molar-refractivity contribution in [1.29, 1.82) is 0 Å². The maximum absolute atomic E-state index is 14.5. The van der Waals surface area contributed by atoms with E-state index in [0.29, 0.717) is 42.1 Å². The number of hydrogen-bond acceptors (Lipinski definition) is 6. The van der Waals surface area contributed by atoms with Crippen molar-refractivity contribution >= 4 is 23.1 Å². The zero-order valence-electron chi connectivity index (χ0n) is 18.8. The first kappa shape index (κ1) is 21.9. The molecule has 1 fully saturated rings. The number of aromatic nitrogens is 6. The van der Waals surface area contributed by atoms with Crippen molar-refractivity contribution in [3.63, 3.8) is 0 Å². The van der Waals surface area contributed by atoms with E-state index >= 15 is 0 Å². The Labute approximate surface area is 194 Å². The smallest absolute Gasteiger partial charge is 0.252 e. The third-order valence-corrected chi connectivity index (χ3v) is 6.57. The van der Waals surface area contributed by atoms with Crippen molar-refractivity contribution in [3.8, 4) is 0 Å². The molecule has 3 aromatic heterocycles. The van der Waals surface area contributed by atoms with E-state index in [0.717, 1.165) is 18.6 Å².